The molecule has 0 radical (unpaired) electrons. The smallest absolute Gasteiger partial charge is 0.253 e. The van der Waals surface area contributed by atoms with Crippen molar-refractivity contribution < 1.29 is 17.9 Å². The fourth-order valence-electron chi connectivity index (χ4n) is 2.50. The summed E-state index contributed by atoms with van der Waals surface area (Å²) in [5.41, 5.74) is 0.369. The van der Waals surface area contributed by atoms with E-state index in [0.29, 0.717) is 5.56 Å². The first-order valence-corrected chi connectivity index (χ1v) is 9.00. The topological polar surface area (TPSA) is 87.7 Å². The van der Waals surface area contributed by atoms with E-state index in [-0.39, 0.29) is 30.0 Å². The number of amides is 1. The molecule has 23 heavy (non-hydrogen) atoms. The Morgan fingerprint density at radius 3 is 2.91 bits per heavy atom. The fourth-order valence-corrected chi connectivity index (χ4v) is 3.56. The quantitative estimate of drug-likeness (QED) is 0.684. The predicted octanol–water partition coefficient (Wildman–Crippen LogP) is 0.0452. The minimum absolute atomic E-state index is 0.0809. The molecule has 1 aliphatic heterocycles. The lowest BCUT2D eigenvalue weighted by atomic mass is 10.1. The van der Waals surface area contributed by atoms with Gasteiger partial charge in [-0.2, -0.15) is 0 Å². The number of methoxy groups -OCH3 is 1. The molecule has 2 N–H and O–H groups in total. The molecule has 0 bridgehead atoms. The van der Waals surface area contributed by atoms with Gasteiger partial charge in [0.05, 0.1) is 11.5 Å². The van der Waals surface area contributed by atoms with E-state index in [4.69, 9.17) is 4.74 Å². The van der Waals surface area contributed by atoms with Crippen molar-refractivity contribution >= 4 is 15.9 Å². The first kappa shape index (κ1) is 17.9. The number of rotatable bonds is 7. The zero-order chi connectivity index (χ0) is 16.9. The van der Waals surface area contributed by atoms with E-state index >= 15 is 0 Å². The number of ether oxygens (including phenoxy) is 1. The summed E-state index contributed by atoms with van der Waals surface area (Å²) in [6, 6.07) is 6.25. The maximum absolute atomic E-state index is 12.5. The summed E-state index contributed by atoms with van der Waals surface area (Å²) in [5, 5.41) is 3.21. The van der Waals surface area contributed by atoms with Crippen LogP contribution in [0.3, 0.4) is 0 Å². The second kappa shape index (κ2) is 7.87. The van der Waals surface area contributed by atoms with Crippen molar-refractivity contribution in [2.75, 3.05) is 40.4 Å². The van der Waals surface area contributed by atoms with Crippen molar-refractivity contribution in [2.24, 2.45) is 0 Å². The Morgan fingerprint density at radius 2 is 2.26 bits per heavy atom. The zero-order valence-corrected chi connectivity index (χ0v) is 14.2. The molecule has 1 atom stereocenters. The Bertz CT molecular complexity index is 642. The van der Waals surface area contributed by atoms with Gasteiger partial charge in [-0.3, -0.25) is 4.79 Å². The highest BCUT2D eigenvalue weighted by Gasteiger charge is 2.25. The van der Waals surface area contributed by atoms with Crippen molar-refractivity contribution in [3.05, 3.63) is 29.8 Å². The number of carbonyl (C=O) groups excluding carboxylic acids is 1. The molecule has 1 amide bonds. The van der Waals surface area contributed by atoms with E-state index in [2.05, 4.69) is 10.0 Å². The monoisotopic (exact) mass is 341 g/mol. The maximum Gasteiger partial charge on any atom is 0.253 e. The molecule has 1 unspecified atom stereocenters. The molecule has 1 aromatic carbocycles. The van der Waals surface area contributed by atoms with Gasteiger partial charge >= 0.3 is 0 Å². The molecule has 8 heteroatoms. The van der Waals surface area contributed by atoms with E-state index in [9.17, 15) is 13.2 Å². The Morgan fingerprint density at radius 1 is 1.48 bits per heavy atom. The normalized spacial score (nSPS) is 18.1. The molecule has 128 valence electrons. The standard InChI is InChI=1S/C15H23N3O4S/c1-18(13-6-7-16-11-13)15(19)12-4-3-5-14(10-12)23(20,21)17-8-9-22-2/h3-5,10,13,16-17H,6-9,11H2,1-2H3. The summed E-state index contributed by atoms with van der Waals surface area (Å²) in [5.74, 6) is -0.173. The van der Waals surface area contributed by atoms with Crippen molar-refractivity contribution in [3.63, 3.8) is 0 Å². The fraction of sp³-hybridized carbons (Fsp3) is 0.533. The summed E-state index contributed by atoms with van der Waals surface area (Å²) in [6.07, 6.45) is 0.902. The van der Waals surface area contributed by atoms with Gasteiger partial charge in [0.15, 0.2) is 0 Å². The molecule has 1 aliphatic rings. The third-order valence-electron chi connectivity index (χ3n) is 3.89. The largest absolute Gasteiger partial charge is 0.383 e. The molecule has 1 saturated heterocycles. The van der Waals surface area contributed by atoms with Crippen LogP contribution < -0.4 is 10.0 Å². The van der Waals surface area contributed by atoms with Crippen molar-refractivity contribution in [1.82, 2.24) is 14.9 Å². The van der Waals surface area contributed by atoms with Gasteiger partial charge in [-0.25, -0.2) is 13.1 Å². The molecule has 0 saturated carbocycles. The number of hydrogen-bond acceptors (Lipinski definition) is 5. The highest BCUT2D eigenvalue weighted by Crippen LogP contribution is 2.15. The average molecular weight is 341 g/mol. The lowest BCUT2D eigenvalue weighted by molar-refractivity contribution is 0.0743. The van der Waals surface area contributed by atoms with E-state index in [1.54, 1.807) is 24.1 Å². The number of nitrogens with zero attached hydrogens (tertiary/aromatic N) is 1. The molecule has 0 spiro atoms. The van der Waals surface area contributed by atoms with Crippen LogP contribution in [0, 0.1) is 0 Å². The molecular formula is C15H23N3O4S. The lowest BCUT2D eigenvalue weighted by Gasteiger charge is -2.24. The molecule has 0 aliphatic carbocycles. The van der Waals surface area contributed by atoms with Crippen molar-refractivity contribution in [1.29, 1.82) is 0 Å². The van der Waals surface area contributed by atoms with Gasteiger partial charge in [0.1, 0.15) is 0 Å². The van der Waals surface area contributed by atoms with Crippen LogP contribution in [0.15, 0.2) is 29.2 Å². The second-order valence-corrected chi connectivity index (χ2v) is 7.25. The van der Waals surface area contributed by atoms with Gasteiger partial charge in [-0.15, -0.1) is 0 Å². The third kappa shape index (κ3) is 4.51. The predicted molar refractivity (Wildman–Crippen MR) is 86.9 cm³/mol. The summed E-state index contributed by atoms with van der Waals surface area (Å²) in [4.78, 5) is 14.3. The SMILES string of the molecule is COCCNS(=O)(=O)c1cccc(C(=O)N(C)C2CCNC2)c1. The second-order valence-electron chi connectivity index (χ2n) is 5.48. The highest BCUT2D eigenvalue weighted by atomic mass is 32.2. The van der Waals surface area contributed by atoms with Gasteiger partial charge in [-0.05, 0) is 31.2 Å². The van der Waals surface area contributed by atoms with Gasteiger partial charge in [0.25, 0.3) is 5.91 Å². The summed E-state index contributed by atoms with van der Waals surface area (Å²) >= 11 is 0. The van der Waals surface area contributed by atoms with Crippen molar-refractivity contribution in [2.45, 2.75) is 17.4 Å². The molecule has 1 aromatic rings. The molecule has 1 heterocycles. The van der Waals surface area contributed by atoms with Crippen LogP contribution >= 0.6 is 0 Å². The molecule has 1 fully saturated rings. The number of benzene rings is 1. The first-order chi connectivity index (χ1) is 11.0. The van der Waals surface area contributed by atoms with E-state index < -0.39 is 10.0 Å². The first-order valence-electron chi connectivity index (χ1n) is 7.52. The number of nitrogens with one attached hydrogen (secondary N) is 2. The van der Waals surface area contributed by atoms with Gasteiger partial charge in [0.2, 0.25) is 10.0 Å². The number of hydrogen-bond donors (Lipinski definition) is 2. The summed E-state index contributed by atoms with van der Waals surface area (Å²) < 4.78 is 31.7. The Balaban J connectivity index is 2.14. The van der Waals surface area contributed by atoms with Crippen LogP contribution in [0.1, 0.15) is 16.8 Å². The van der Waals surface area contributed by atoms with Crippen LogP contribution in [0.25, 0.3) is 0 Å². The van der Waals surface area contributed by atoms with Crippen LogP contribution in [0.4, 0.5) is 0 Å². The Hall–Kier alpha value is -1.48. The van der Waals surface area contributed by atoms with E-state index in [1.165, 1.54) is 19.2 Å². The summed E-state index contributed by atoms with van der Waals surface area (Å²) in [6.45, 7) is 2.12. The number of sulfonamides is 1. The van der Waals surface area contributed by atoms with Crippen LogP contribution in [-0.4, -0.2) is 65.7 Å². The van der Waals surface area contributed by atoms with Crippen LogP contribution in [0.5, 0.6) is 0 Å². The Labute approximate surface area is 137 Å². The molecule has 7 nitrogen and oxygen atoms in total. The van der Waals surface area contributed by atoms with Gasteiger partial charge in [0, 0.05) is 38.9 Å². The van der Waals surface area contributed by atoms with Gasteiger partial charge < -0.3 is 15.0 Å². The van der Waals surface area contributed by atoms with E-state index in [0.717, 1.165) is 19.5 Å². The minimum atomic E-state index is -3.65. The maximum atomic E-state index is 12.5. The molecule has 2 rings (SSSR count). The van der Waals surface area contributed by atoms with E-state index in [1.807, 2.05) is 0 Å². The number of carbonyl (C=O) groups is 1. The Kier molecular flexibility index (Phi) is 6.11. The van der Waals surface area contributed by atoms with Gasteiger partial charge in [-0.1, -0.05) is 6.07 Å². The molecule has 0 aromatic heterocycles. The van der Waals surface area contributed by atoms with Crippen LogP contribution in [0.2, 0.25) is 0 Å². The molecular weight excluding hydrogens is 318 g/mol. The van der Waals surface area contributed by atoms with Crippen molar-refractivity contribution in [3.8, 4) is 0 Å². The highest BCUT2D eigenvalue weighted by molar-refractivity contribution is 7.89. The average Bonchev–Trinajstić information content (AvgIpc) is 3.08. The minimum Gasteiger partial charge on any atom is -0.383 e. The third-order valence-corrected chi connectivity index (χ3v) is 5.35. The summed E-state index contributed by atoms with van der Waals surface area (Å²) in [7, 11) is -0.397. The number of likely N-dealkylation sites (N-methyl/N-ethyl adjacent to an activating group) is 1. The van der Waals surface area contributed by atoms with Crippen LogP contribution in [-0.2, 0) is 14.8 Å². The zero-order valence-electron chi connectivity index (χ0n) is 13.4. The lowest BCUT2D eigenvalue weighted by Crippen LogP contribution is -2.38.